The topological polar surface area (TPSA) is 35.5 Å². The maximum Gasteiger partial charge on any atom is 0.311 e. The first kappa shape index (κ1) is 11.1. The Morgan fingerprint density at radius 1 is 1.44 bits per heavy atom. The maximum absolute atomic E-state index is 11.3. The average molecular weight is 220 g/mol. The number of hydrogen-bond donors (Lipinski definition) is 0. The second-order valence-electron chi connectivity index (χ2n) is 4.37. The Bertz CT molecular complexity index is 374. The number of carbonyl (C=O) groups is 1. The van der Waals surface area contributed by atoms with Gasteiger partial charge < -0.3 is 9.47 Å². The van der Waals surface area contributed by atoms with E-state index in [-0.39, 0.29) is 17.5 Å². The van der Waals surface area contributed by atoms with Gasteiger partial charge >= 0.3 is 5.97 Å². The molecule has 2 atom stereocenters. The summed E-state index contributed by atoms with van der Waals surface area (Å²) in [5.41, 5.74) is 0.794. The van der Waals surface area contributed by atoms with Crippen LogP contribution in [0.5, 0.6) is 0 Å². The van der Waals surface area contributed by atoms with Crippen molar-refractivity contribution < 1.29 is 14.3 Å². The zero-order chi connectivity index (χ0) is 11.6. The van der Waals surface area contributed by atoms with E-state index in [4.69, 9.17) is 9.47 Å². The summed E-state index contributed by atoms with van der Waals surface area (Å²) in [5.74, 6) is -0.267. The molecule has 0 spiro atoms. The van der Waals surface area contributed by atoms with Crippen LogP contribution >= 0.6 is 0 Å². The van der Waals surface area contributed by atoms with Crippen LogP contribution in [-0.4, -0.2) is 18.7 Å². The molecule has 0 aliphatic heterocycles. The molecular weight excluding hydrogens is 204 g/mol. The molecule has 1 aliphatic carbocycles. The molecule has 1 fully saturated rings. The predicted octanol–water partition coefficient (Wildman–Crippen LogP) is 2.15. The molecule has 0 aromatic heterocycles. The molecule has 1 aliphatic rings. The van der Waals surface area contributed by atoms with Crippen molar-refractivity contribution >= 4 is 5.97 Å². The molecule has 0 heterocycles. The molecule has 0 amide bonds. The van der Waals surface area contributed by atoms with Crippen molar-refractivity contribution in [2.75, 3.05) is 7.11 Å². The lowest BCUT2D eigenvalue weighted by Crippen LogP contribution is -2.18. The lowest BCUT2D eigenvalue weighted by atomic mass is 10.2. The molecule has 3 heteroatoms. The van der Waals surface area contributed by atoms with Crippen LogP contribution in [0.3, 0.4) is 0 Å². The minimum atomic E-state index is -0.330. The fourth-order valence-electron chi connectivity index (χ4n) is 1.80. The zero-order valence-electron chi connectivity index (χ0n) is 9.60. The van der Waals surface area contributed by atoms with Gasteiger partial charge in [-0.2, -0.15) is 0 Å². The molecule has 0 saturated heterocycles. The van der Waals surface area contributed by atoms with Crippen LogP contribution in [0.4, 0.5) is 0 Å². The highest BCUT2D eigenvalue weighted by Gasteiger charge is 2.56. The summed E-state index contributed by atoms with van der Waals surface area (Å²) in [6, 6.07) is 9.95. The first-order valence-electron chi connectivity index (χ1n) is 5.41. The summed E-state index contributed by atoms with van der Waals surface area (Å²) in [5, 5.41) is 0. The Hall–Kier alpha value is -1.35. The number of methoxy groups -OCH3 is 1. The van der Waals surface area contributed by atoms with Gasteiger partial charge in [0.05, 0.1) is 25.2 Å². The van der Waals surface area contributed by atoms with E-state index in [2.05, 4.69) is 0 Å². The van der Waals surface area contributed by atoms with Crippen LogP contribution < -0.4 is 0 Å². The van der Waals surface area contributed by atoms with Crippen LogP contribution in [0.15, 0.2) is 30.3 Å². The fraction of sp³-hybridized carbons (Fsp3) is 0.462. The number of ether oxygens (including phenoxy) is 2. The molecule has 0 radical (unpaired) electrons. The number of esters is 1. The highest BCUT2D eigenvalue weighted by molar-refractivity contribution is 5.77. The molecule has 1 aromatic carbocycles. The monoisotopic (exact) mass is 220 g/mol. The van der Waals surface area contributed by atoms with Gasteiger partial charge in [0, 0.05) is 0 Å². The van der Waals surface area contributed by atoms with Gasteiger partial charge in [0.2, 0.25) is 0 Å². The summed E-state index contributed by atoms with van der Waals surface area (Å²) in [6.45, 7) is 2.50. The van der Waals surface area contributed by atoms with Gasteiger partial charge in [0.25, 0.3) is 0 Å². The number of carbonyl (C=O) groups excluding carboxylic acids is 1. The molecular formula is C13H16O3. The Morgan fingerprint density at radius 3 is 2.75 bits per heavy atom. The Kier molecular flexibility index (Phi) is 2.97. The first-order chi connectivity index (χ1) is 7.65. The Morgan fingerprint density at radius 2 is 2.12 bits per heavy atom. The number of benzene rings is 1. The molecule has 0 bridgehead atoms. The Balaban J connectivity index is 1.86. The SMILES string of the molecule is COC(=O)C1CC1(C)OCc1ccccc1. The lowest BCUT2D eigenvalue weighted by molar-refractivity contribution is -0.144. The van der Waals surface area contributed by atoms with Crippen molar-refractivity contribution in [3.63, 3.8) is 0 Å². The van der Waals surface area contributed by atoms with Gasteiger partial charge in [-0.3, -0.25) is 4.79 Å². The second-order valence-corrected chi connectivity index (χ2v) is 4.37. The van der Waals surface area contributed by atoms with Crippen molar-refractivity contribution in [3.05, 3.63) is 35.9 Å². The van der Waals surface area contributed by atoms with Gasteiger partial charge in [-0.15, -0.1) is 0 Å². The third-order valence-electron chi connectivity index (χ3n) is 3.08. The average Bonchev–Trinajstić information content (AvgIpc) is 3.00. The fourth-order valence-corrected chi connectivity index (χ4v) is 1.80. The van der Waals surface area contributed by atoms with Gasteiger partial charge in [0.15, 0.2) is 0 Å². The van der Waals surface area contributed by atoms with E-state index in [1.165, 1.54) is 7.11 Å². The number of hydrogen-bond acceptors (Lipinski definition) is 3. The van der Waals surface area contributed by atoms with Crippen LogP contribution in [0.1, 0.15) is 18.9 Å². The van der Waals surface area contributed by atoms with Crippen LogP contribution in [-0.2, 0) is 20.9 Å². The lowest BCUT2D eigenvalue weighted by Gasteiger charge is -2.12. The molecule has 86 valence electrons. The van der Waals surface area contributed by atoms with Crippen LogP contribution in [0.2, 0.25) is 0 Å². The normalized spacial score (nSPS) is 27.5. The largest absolute Gasteiger partial charge is 0.469 e. The Labute approximate surface area is 95.4 Å². The van der Waals surface area contributed by atoms with Crippen molar-refractivity contribution in [1.82, 2.24) is 0 Å². The number of rotatable bonds is 4. The first-order valence-corrected chi connectivity index (χ1v) is 5.41. The molecule has 16 heavy (non-hydrogen) atoms. The molecule has 3 nitrogen and oxygen atoms in total. The molecule has 1 aromatic rings. The van der Waals surface area contributed by atoms with Gasteiger partial charge in [-0.1, -0.05) is 30.3 Å². The van der Waals surface area contributed by atoms with Crippen molar-refractivity contribution in [1.29, 1.82) is 0 Å². The van der Waals surface area contributed by atoms with Gasteiger partial charge in [0.1, 0.15) is 0 Å². The van der Waals surface area contributed by atoms with E-state index >= 15 is 0 Å². The van der Waals surface area contributed by atoms with Crippen molar-refractivity contribution in [3.8, 4) is 0 Å². The highest BCUT2D eigenvalue weighted by Crippen LogP contribution is 2.47. The van der Waals surface area contributed by atoms with Crippen molar-refractivity contribution in [2.24, 2.45) is 5.92 Å². The van der Waals surface area contributed by atoms with Gasteiger partial charge in [-0.25, -0.2) is 0 Å². The van der Waals surface area contributed by atoms with E-state index in [9.17, 15) is 4.79 Å². The minimum Gasteiger partial charge on any atom is -0.469 e. The molecule has 2 unspecified atom stereocenters. The third-order valence-corrected chi connectivity index (χ3v) is 3.08. The van der Waals surface area contributed by atoms with Crippen LogP contribution in [0.25, 0.3) is 0 Å². The summed E-state index contributed by atoms with van der Waals surface area (Å²) < 4.78 is 10.5. The summed E-state index contributed by atoms with van der Waals surface area (Å²) in [6.07, 6.45) is 0.756. The highest BCUT2D eigenvalue weighted by atomic mass is 16.5. The third kappa shape index (κ3) is 2.25. The van der Waals surface area contributed by atoms with Crippen LogP contribution in [0, 0.1) is 5.92 Å². The zero-order valence-corrected chi connectivity index (χ0v) is 9.60. The minimum absolute atomic E-state index is 0.0961. The molecule has 1 saturated carbocycles. The van der Waals surface area contributed by atoms with E-state index < -0.39 is 0 Å². The van der Waals surface area contributed by atoms with E-state index in [1.807, 2.05) is 37.3 Å². The van der Waals surface area contributed by atoms with Gasteiger partial charge in [-0.05, 0) is 18.9 Å². The van der Waals surface area contributed by atoms with E-state index in [1.54, 1.807) is 0 Å². The smallest absolute Gasteiger partial charge is 0.311 e. The predicted molar refractivity (Wildman–Crippen MR) is 59.8 cm³/mol. The van der Waals surface area contributed by atoms with E-state index in [0.29, 0.717) is 6.61 Å². The summed E-state index contributed by atoms with van der Waals surface area (Å²) in [4.78, 5) is 11.3. The molecule has 2 rings (SSSR count). The summed E-state index contributed by atoms with van der Waals surface area (Å²) in [7, 11) is 1.41. The second kappa shape index (κ2) is 4.26. The standard InChI is InChI=1S/C13H16O3/c1-13(8-11(13)12(14)15-2)16-9-10-6-4-3-5-7-10/h3-7,11H,8-9H2,1-2H3. The van der Waals surface area contributed by atoms with Crippen molar-refractivity contribution in [2.45, 2.75) is 25.6 Å². The maximum atomic E-state index is 11.3. The van der Waals surface area contributed by atoms with E-state index in [0.717, 1.165) is 12.0 Å². The quantitative estimate of drug-likeness (QED) is 0.729. The molecule has 0 N–H and O–H groups in total. The summed E-state index contributed by atoms with van der Waals surface area (Å²) >= 11 is 0.